The summed E-state index contributed by atoms with van der Waals surface area (Å²) >= 11 is 18.7. The van der Waals surface area contributed by atoms with E-state index in [0.29, 0.717) is 22.7 Å². The number of amides is 1. The van der Waals surface area contributed by atoms with Crippen LogP contribution in [0.25, 0.3) is 0 Å². The van der Waals surface area contributed by atoms with Gasteiger partial charge in [0.1, 0.15) is 0 Å². The topological polar surface area (TPSA) is 57.6 Å². The van der Waals surface area contributed by atoms with Gasteiger partial charge in [-0.2, -0.15) is 0 Å². The zero-order chi connectivity index (χ0) is 16.3. The van der Waals surface area contributed by atoms with Crippen LogP contribution in [0.1, 0.15) is 38.2 Å². The number of halogens is 3. The first-order chi connectivity index (χ1) is 9.70. The number of aliphatic carboxylic acids is 1. The number of rotatable bonds is 5. The summed E-state index contributed by atoms with van der Waals surface area (Å²) in [5.74, 6) is -1.53. The Labute approximate surface area is 138 Å². The van der Waals surface area contributed by atoms with E-state index in [1.807, 2.05) is 6.92 Å². The van der Waals surface area contributed by atoms with Crippen molar-refractivity contribution in [2.45, 2.75) is 32.6 Å². The molecule has 1 aromatic rings. The van der Waals surface area contributed by atoms with E-state index in [9.17, 15) is 9.59 Å². The molecule has 0 saturated heterocycles. The second-order valence-electron chi connectivity index (χ2n) is 4.70. The van der Waals surface area contributed by atoms with Gasteiger partial charge in [-0.05, 0) is 24.0 Å². The fourth-order valence-corrected chi connectivity index (χ4v) is 3.42. The number of carbonyl (C=O) groups is 2. The molecule has 1 unspecified atom stereocenters. The number of nitrogens with zero attached hydrogens (tertiary/aromatic N) is 1. The Morgan fingerprint density at radius 3 is 2.29 bits per heavy atom. The van der Waals surface area contributed by atoms with Crippen molar-refractivity contribution in [3.05, 3.63) is 26.7 Å². The van der Waals surface area contributed by atoms with Gasteiger partial charge in [0.2, 0.25) is 5.91 Å². The van der Waals surface area contributed by atoms with Crippen molar-refractivity contribution in [1.29, 1.82) is 0 Å². The molecule has 0 heterocycles. The number of carboxylic acid groups (broad SMARTS) is 1. The van der Waals surface area contributed by atoms with E-state index in [0.717, 1.165) is 0 Å². The summed E-state index contributed by atoms with van der Waals surface area (Å²) in [4.78, 5) is 23.8. The van der Waals surface area contributed by atoms with Crippen molar-refractivity contribution in [3.63, 3.8) is 0 Å². The molecular formula is C14H16Cl3NO3. The van der Waals surface area contributed by atoms with Crippen molar-refractivity contribution in [3.8, 4) is 0 Å². The largest absolute Gasteiger partial charge is 0.481 e. The van der Waals surface area contributed by atoms with Crippen molar-refractivity contribution >= 4 is 52.4 Å². The Hall–Kier alpha value is -0.970. The minimum Gasteiger partial charge on any atom is -0.481 e. The highest BCUT2D eigenvalue weighted by Gasteiger charge is 2.25. The van der Waals surface area contributed by atoms with Crippen LogP contribution in [0.2, 0.25) is 15.1 Å². The molecule has 0 aliphatic rings. The van der Waals surface area contributed by atoms with E-state index in [1.165, 1.54) is 17.9 Å². The van der Waals surface area contributed by atoms with Gasteiger partial charge in [-0.1, -0.05) is 41.7 Å². The third-order valence-electron chi connectivity index (χ3n) is 3.31. The molecule has 7 heteroatoms. The highest BCUT2D eigenvalue weighted by Crippen LogP contribution is 2.44. The van der Waals surface area contributed by atoms with Gasteiger partial charge in [0.05, 0.1) is 22.2 Å². The van der Waals surface area contributed by atoms with E-state index >= 15 is 0 Å². The van der Waals surface area contributed by atoms with Crippen LogP contribution in [0.3, 0.4) is 0 Å². The van der Waals surface area contributed by atoms with Gasteiger partial charge in [0.15, 0.2) is 0 Å². The molecule has 0 aromatic heterocycles. The van der Waals surface area contributed by atoms with E-state index in [-0.39, 0.29) is 28.3 Å². The number of benzene rings is 1. The van der Waals surface area contributed by atoms with E-state index in [1.54, 1.807) is 7.05 Å². The number of anilines is 1. The SMILES string of the molecule is CCC(CC(=O)O)c1c(Cl)cc(Cl)c(N(C)C(C)=O)c1Cl. The average Bonchev–Trinajstić information content (AvgIpc) is 2.35. The summed E-state index contributed by atoms with van der Waals surface area (Å²) < 4.78 is 0. The summed E-state index contributed by atoms with van der Waals surface area (Å²) in [7, 11) is 1.55. The number of hydrogen-bond donors (Lipinski definition) is 1. The van der Waals surface area contributed by atoms with Gasteiger partial charge in [-0.25, -0.2) is 0 Å². The van der Waals surface area contributed by atoms with Crippen LogP contribution < -0.4 is 4.90 Å². The molecule has 0 fully saturated rings. The maximum atomic E-state index is 11.5. The third-order valence-corrected chi connectivity index (χ3v) is 4.29. The summed E-state index contributed by atoms with van der Waals surface area (Å²) in [6.07, 6.45) is 0.456. The monoisotopic (exact) mass is 351 g/mol. The van der Waals surface area contributed by atoms with Crippen LogP contribution in [0, 0.1) is 0 Å². The Bertz CT molecular complexity index is 575. The molecule has 0 aliphatic heterocycles. The lowest BCUT2D eigenvalue weighted by molar-refractivity contribution is -0.137. The van der Waals surface area contributed by atoms with Gasteiger partial charge in [-0.3, -0.25) is 9.59 Å². The standard InChI is InChI=1S/C14H16Cl3NO3/c1-4-8(5-11(20)21)12-9(15)6-10(16)14(13(12)17)18(3)7(2)19/h6,8H,4-5H2,1-3H3,(H,20,21). The Morgan fingerprint density at radius 2 is 1.86 bits per heavy atom. The molecule has 0 aliphatic carbocycles. The zero-order valence-electron chi connectivity index (χ0n) is 11.9. The molecule has 1 amide bonds. The Kier molecular flexibility index (Phi) is 6.32. The van der Waals surface area contributed by atoms with Crippen LogP contribution >= 0.6 is 34.8 Å². The highest BCUT2D eigenvalue weighted by molar-refractivity contribution is 6.43. The Morgan fingerprint density at radius 1 is 1.29 bits per heavy atom. The molecule has 21 heavy (non-hydrogen) atoms. The molecule has 4 nitrogen and oxygen atoms in total. The third kappa shape index (κ3) is 4.02. The van der Waals surface area contributed by atoms with Crippen molar-refractivity contribution in [1.82, 2.24) is 0 Å². The lowest BCUT2D eigenvalue weighted by atomic mass is 9.92. The molecule has 0 bridgehead atoms. The van der Waals surface area contributed by atoms with Gasteiger partial charge in [0, 0.05) is 19.0 Å². The van der Waals surface area contributed by atoms with Crippen LogP contribution in [0.4, 0.5) is 5.69 Å². The molecular weight excluding hydrogens is 337 g/mol. The molecule has 116 valence electrons. The van der Waals surface area contributed by atoms with Crippen LogP contribution in [-0.2, 0) is 9.59 Å². The molecule has 0 saturated carbocycles. The fraction of sp³-hybridized carbons (Fsp3) is 0.429. The summed E-state index contributed by atoms with van der Waals surface area (Å²) in [5, 5.41) is 9.77. The van der Waals surface area contributed by atoms with E-state index in [2.05, 4.69) is 0 Å². The first-order valence-electron chi connectivity index (χ1n) is 6.34. The second kappa shape index (κ2) is 7.34. The van der Waals surface area contributed by atoms with Crippen molar-refractivity contribution in [2.75, 3.05) is 11.9 Å². The van der Waals surface area contributed by atoms with E-state index < -0.39 is 5.97 Å². The van der Waals surface area contributed by atoms with E-state index in [4.69, 9.17) is 39.9 Å². The van der Waals surface area contributed by atoms with Gasteiger partial charge < -0.3 is 10.0 Å². The fourth-order valence-electron chi connectivity index (χ4n) is 2.10. The minimum atomic E-state index is -0.939. The number of carboxylic acids is 1. The Balaban J connectivity index is 3.49. The maximum Gasteiger partial charge on any atom is 0.303 e. The zero-order valence-corrected chi connectivity index (χ0v) is 14.2. The molecule has 1 aromatic carbocycles. The van der Waals surface area contributed by atoms with Crippen LogP contribution in [0.5, 0.6) is 0 Å². The summed E-state index contributed by atoms with van der Waals surface area (Å²) in [5.41, 5.74) is 0.852. The normalized spacial score (nSPS) is 12.1. The summed E-state index contributed by atoms with van der Waals surface area (Å²) in [6.45, 7) is 3.23. The van der Waals surface area contributed by atoms with Gasteiger partial charge in [-0.15, -0.1) is 0 Å². The second-order valence-corrected chi connectivity index (χ2v) is 5.89. The predicted molar refractivity (Wildman–Crippen MR) is 85.8 cm³/mol. The predicted octanol–water partition coefficient (Wildman–Crippen LogP) is 4.60. The molecule has 1 N–H and O–H groups in total. The first-order valence-corrected chi connectivity index (χ1v) is 7.47. The average molecular weight is 353 g/mol. The number of hydrogen-bond acceptors (Lipinski definition) is 2. The molecule has 1 rings (SSSR count). The highest BCUT2D eigenvalue weighted by atomic mass is 35.5. The van der Waals surface area contributed by atoms with Gasteiger partial charge >= 0.3 is 5.97 Å². The van der Waals surface area contributed by atoms with Crippen molar-refractivity contribution < 1.29 is 14.7 Å². The molecule has 0 spiro atoms. The lowest BCUT2D eigenvalue weighted by Crippen LogP contribution is -2.24. The minimum absolute atomic E-state index is 0.0964. The maximum absolute atomic E-state index is 11.5. The summed E-state index contributed by atoms with van der Waals surface area (Å²) in [6, 6.07) is 1.49. The lowest BCUT2D eigenvalue weighted by Gasteiger charge is -2.24. The smallest absolute Gasteiger partial charge is 0.303 e. The quantitative estimate of drug-likeness (QED) is 0.842. The van der Waals surface area contributed by atoms with Gasteiger partial charge in [0.25, 0.3) is 0 Å². The van der Waals surface area contributed by atoms with Crippen LogP contribution in [-0.4, -0.2) is 24.0 Å². The number of carbonyl (C=O) groups excluding carboxylic acids is 1. The van der Waals surface area contributed by atoms with Crippen LogP contribution in [0.15, 0.2) is 6.07 Å². The molecule has 0 radical (unpaired) electrons. The van der Waals surface area contributed by atoms with Crippen molar-refractivity contribution in [2.24, 2.45) is 0 Å². The first kappa shape index (κ1) is 18.1. The molecule has 1 atom stereocenters.